The molecule has 304 valence electrons. The summed E-state index contributed by atoms with van der Waals surface area (Å²) >= 11 is 0. The number of nitrogens with zero attached hydrogens (tertiary/aromatic N) is 2. The fraction of sp³-hybridized carbons (Fsp3) is 0.535. The number of unbranched alkanes of at least 4 members (excludes halogenated alkanes) is 5. The normalized spacial score (nSPS) is 15.5. The first-order valence-corrected chi connectivity index (χ1v) is 20.0. The third kappa shape index (κ3) is 13.3. The van der Waals surface area contributed by atoms with Crippen LogP contribution in [0.15, 0.2) is 65.1 Å². The van der Waals surface area contributed by atoms with Gasteiger partial charge in [0.05, 0.1) is 5.41 Å². The molecule has 1 fully saturated rings. The van der Waals surface area contributed by atoms with Crippen molar-refractivity contribution in [2.24, 2.45) is 5.41 Å². The minimum atomic E-state index is -1.20. The number of amides is 4. The van der Waals surface area contributed by atoms with Crippen LogP contribution in [-0.2, 0) is 35.4 Å². The van der Waals surface area contributed by atoms with Crippen molar-refractivity contribution in [1.29, 1.82) is 0 Å². The zero-order valence-corrected chi connectivity index (χ0v) is 33.3. The quantitative estimate of drug-likeness (QED) is 0.0417. The number of oxazole rings is 1. The largest absolute Gasteiger partial charge is 0.460 e. The SMILES string of the molecule is CCCCCCC[C@H](OC(=O)[C@H](CCCCN(C=O)OCc1ccccc1)NC(=O)c1nc(-c2ccccc2)oc1C)C(C)(C)C(=O)N[C@H]1CCCCNC1=O. The number of esters is 1. The molecule has 1 saturated heterocycles. The number of nitrogens with one attached hydrogen (secondary N) is 3. The molecule has 0 bridgehead atoms. The van der Waals surface area contributed by atoms with Gasteiger partial charge in [0.15, 0.2) is 5.69 Å². The molecule has 2 heterocycles. The molecule has 1 aliphatic heterocycles. The summed E-state index contributed by atoms with van der Waals surface area (Å²) in [4.78, 5) is 76.4. The lowest BCUT2D eigenvalue weighted by Crippen LogP contribution is -2.54. The molecule has 4 rings (SSSR count). The Balaban J connectivity index is 1.50. The molecule has 1 aliphatic rings. The van der Waals surface area contributed by atoms with E-state index in [1.807, 2.05) is 60.7 Å². The van der Waals surface area contributed by atoms with Crippen LogP contribution in [0.4, 0.5) is 0 Å². The van der Waals surface area contributed by atoms with Gasteiger partial charge < -0.3 is 25.1 Å². The van der Waals surface area contributed by atoms with Gasteiger partial charge >= 0.3 is 5.97 Å². The topological polar surface area (TPSA) is 169 Å². The van der Waals surface area contributed by atoms with Crippen molar-refractivity contribution in [1.82, 2.24) is 26.0 Å². The second kappa shape index (κ2) is 22.5. The average molecular weight is 774 g/mol. The molecule has 2 aromatic carbocycles. The fourth-order valence-electron chi connectivity index (χ4n) is 6.57. The van der Waals surface area contributed by atoms with E-state index in [4.69, 9.17) is 14.0 Å². The number of hydrogen-bond acceptors (Lipinski definition) is 9. The molecule has 56 heavy (non-hydrogen) atoms. The Hall–Kier alpha value is -5.04. The molecule has 0 radical (unpaired) electrons. The van der Waals surface area contributed by atoms with Crippen molar-refractivity contribution in [3.8, 4) is 11.5 Å². The number of aryl methyl sites for hydroxylation is 1. The first-order chi connectivity index (χ1) is 27.0. The van der Waals surface area contributed by atoms with Crippen LogP contribution in [0.2, 0.25) is 0 Å². The van der Waals surface area contributed by atoms with E-state index in [-0.39, 0.29) is 48.7 Å². The molecule has 1 aromatic heterocycles. The predicted octanol–water partition coefficient (Wildman–Crippen LogP) is 6.59. The minimum absolute atomic E-state index is 0.0388. The maximum absolute atomic E-state index is 14.2. The van der Waals surface area contributed by atoms with Gasteiger partial charge in [-0.05, 0) is 89.8 Å². The summed E-state index contributed by atoms with van der Waals surface area (Å²) in [5.41, 5.74) is 0.452. The van der Waals surface area contributed by atoms with Gasteiger partial charge in [-0.25, -0.2) is 14.8 Å². The third-order valence-electron chi connectivity index (χ3n) is 10.2. The Morgan fingerprint density at radius 3 is 2.39 bits per heavy atom. The van der Waals surface area contributed by atoms with Crippen LogP contribution in [0.1, 0.15) is 120 Å². The number of carbonyl (C=O) groups is 5. The van der Waals surface area contributed by atoms with E-state index in [1.54, 1.807) is 20.8 Å². The van der Waals surface area contributed by atoms with Crippen molar-refractivity contribution in [2.45, 2.75) is 130 Å². The van der Waals surface area contributed by atoms with E-state index in [1.165, 1.54) is 5.06 Å². The maximum Gasteiger partial charge on any atom is 0.328 e. The van der Waals surface area contributed by atoms with Gasteiger partial charge in [0, 0.05) is 18.7 Å². The number of ether oxygens (including phenoxy) is 1. The van der Waals surface area contributed by atoms with E-state index < -0.39 is 35.5 Å². The fourth-order valence-corrected chi connectivity index (χ4v) is 6.57. The molecule has 3 N–H and O–H groups in total. The van der Waals surface area contributed by atoms with Gasteiger partial charge in [-0.3, -0.25) is 24.0 Å². The lowest BCUT2D eigenvalue weighted by atomic mass is 9.82. The van der Waals surface area contributed by atoms with E-state index in [0.29, 0.717) is 44.2 Å². The van der Waals surface area contributed by atoms with Gasteiger partial charge in [-0.1, -0.05) is 81.1 Å². The van der Waals surface area contributed by atoms with Crippen LogP contribution in [0, 0.1) is 12.3 Å². The molecule has 3 aromatic rings. The number of rotatable bonds is 23. The number of benzene rings is 2. The molecule has 0 aliphatic carbocycles. The van der Waals surface area contributed by atoms with Crippen molar-refractivity contribution >= 4 is 30.1 Å². The van der Waals surface area contributed by atoms with Crippen molar-refractivity contribution in [3.63, 3.8) is 0 Å². The summed E-state index contributed by atoms with van der Waals surface area (Å²) in [6, 6.07) is 16.9. The highest BCUT2D eigenvalue weighted by molar-refractivity contribution is 5.96. The summed E-state index contributed by atoms with van der Waals surface area (Å²) in [6.45, 7) is 8.26. The molecule has 3 atom stereocenters. The Kier molecular flexibility index (Phi) is 17.6. The highest BCUT2D eigenvalue weighted by atomic mass is 16.7. The molecule has 13 heteroatoms. The monoisotopic (exact) mass is 773 g/mol. The zero-order valence-electron chi connectivity index (χ0n) is 33.3. The van der Waals surface area contributed by atoms with E-state index in [0.717, 1.165) is 50.5 Å². The maximum atomic E-state index is 14.2. The first kappa shape index (κ1) is 43.7. The van der Waals surface area contributed by atoms with Gasteiger partial charge in [0.1, 0.15) is 30.6 Å². The Morgan fingerprint density at radius 2 is 1.68 bits per heavy atom. The standard InChI is InChI=1S/C43H59N5O8/c1-5-6-7-8-15-26-36(43(3,4)42(53)46-34-24-16-18-27-44-38(34)50)56-41(52)35(25-17-19-28-48(30-49)54-29-32-20-11-9-12-21-32)45-39(51)37-31(2)55-40(47-37)33-22-13-10-14-23-33/h9-14,20-23,30,34-36H,5-8,15-19,24-29H2,1-4H3,(H,44,50)(H,45,51)(H,46,53)/t34-,35-,36-/m0/s1. The lowest BCUT2D eigenvalue weighted by molar-refractivity contribution is -0.177. The number of aromatic nitrogens is 1. The van der Waals surface area contributed by atoms with E-state index >= 15 is 0 Å². The summed E-state index contributed by atoms with van der Waals surface area (Å²) in [6.07, 6.45) is 8.19. The lowest BCUT2D eigenvalue weighted by Gasteiger charge is -2.35. The van der Waals surface area contributed by atoms with Gasteiger partial charge in [-0.2, -0.15) is 0 Å². The van der Waals surface area contributed by atoms with Crippen LogP contribution in [-0.4, -0.2) is 71.4 Å². The molecule has 0 spiro atoms. The number of hydroxylamine groups is 2. The van der Waals surface area contributed by atoms with Gasteiger partial charge in [-0.15, -0.1) is 0 Å². The Bertz CT molecular complexity index is 1700. The second-order valence-electron chi connectivity index (χ2n) is 15.0. The highest BCUT2D eigenvalue weighted by Crippen LogP contribution is 2.30. The van der Waals surface area contributed by atoms with Gasteiger partial charge in [0.25, 0.3) is 5.91 Å². The van der Waals surface area contributed by atoms with E-state index in [2.05, 4.69) is 27.9 Å². The highest BCUT2D eigenvalue weighted by Gasteiger charge is 2.42. The average Bonchev–Trinajstić information content (AvgIpc) is 3.49. The molecular weight excluding hydrogens is 714 g/mol. The zero-order chi connectivity index (χ0) is 40.3. The van der Waals surface area contributed by atoms with Crippen LogP contribution < -0.4 is 16.0 Å². The Labute approximate surface area is 330 Å². The van der Waals surface area contributed by atoms with Crippen molar-refractivity contribution in [3.05, 3.63) is 77.7 Å². The minimum Gasteiger partial charge on any atom is -0.460 e. The smallest absolute Gasteiger partial charge is 0.328 e. The van der Waals surface area contributed by atoms with Crippen LogP contribution in [0.5, 0.6) is 0 Å². The molecular formula is C43H59N5O8. The summed E-state index contributed by atoms with van der Waals surface area (Å²) in [5, 5.41) is 9.82. The van der Waals surface area contributed by atoms with Crippen molar-refractivity contribution in [2.75, 3.05) is 13.1 Å². The molecule has 4 amide bonds. The number of carbonyl (C=O) groups excluding carboxylic acids is 5. The van der Waals surface area contributed by atoms with Crippen LogP contribution >= 0.6 is 0 Å². The third-order valence-corrected chi connectivity index (χ3v) is 10.2. The van der Waals surface area contributed by atoms with Crippen molar-refractivity contribution < 1.29 is 38.0 Å². The van der Waals surface area contributed by atoms with E-state index in [9.17, 15) is 24.0 Å². The predicted molar refractivity (Wildman–Crippen MR) is 212 cm³/mol. The molecule has 0 unspecified atom stereocenters. The number of hydrogen-bond donors (Lipinski definition) is 3. The summed E-state index contributed by atoms with van der Waals surface area (Å²) in [5.74, 6) is -1.35. The summed E-state index contributed by atoms with van der Waals surface area (Å²) in [7, 11) is 0. The molecule has 13 nitrogen and oxygen atoms in total. The summed E-state index contributed by atoms with van der Waals surface area (Å²) < 4.78 is 12.1. The Morgan fingerprint density at radius 1 is 0.982 bits per heavy atom. The first-order valence-electron chi connectivity index (χ1n) is 20.0. The second-order valence-corrected chi connectivity index (χ2v) is 15.0. The van der Waals surface area contributed by atoms with Crippen LogP contribution in [0.25, 0.3) is 11.5 Å². The van der Waals surface area contributed by atoms with Gasteiger partial charge in [0.2, 0.25) is 24.1 Å². The molecule has 0 saturated carbocycles. The van der Waals surface area contributed by atoms with Crippen LogP contribution in [0.3, 0.4) is 0 Å².